The summed E-state index contributed by atoms with van der Waals surface area (Å²) in [4.78, 5) is 13.9. The molecule has 2 heterocycles. The van der Waals surface area contributed by atoms with Gasteiger partial charge < -0.3 is 9.15 Å². The van der Waals surface area contributed by atoms with Gasteiger partial charge in [-0.3, -0.25) is 4.90 Å². The van der Waals surface area contributed by atoms with Crippen LogP contribution in [0.4, 0.5) is 0 Å². The van der Waals surface area contributed by atoms with Gasteiger partial charge in [0.2, 0.25) is 0 Å². The van der Waals surface area contributed by atoms with Crippen LogP contribution in [0, 0.1) is 6.92 Å². The molecule has 0 radical (unpaired) electrons. The summed E-state index contributed by atoms with van der Waals surface area (Å²) < 4.78 is 11.3. The Balaban J connectivity index is 1.69. The third-order valence-corrected chi connectivity index (χ3v) is 4.54. The lowest BCUT2D eigenvalue weighted by Crippen LogP contribution is -2.31. The number of hydrogen-bond acceptors (Lipinski definition) is 4. The van der Waals surface area contributed by atoms with Crippen molar-refractivity contribution in [3.8, 4) is 5.75 Å². The van der Waals surface area contributed by atoms with Crippen LogP contribution in [0.5, 0.6) is 5.75 Å². The molecule has 3 aromatic rings. The highest BCUT2D eigenvalue weighted by atomic mass is 35.5. The summed E-state index contributed by atoms with van der Waals surface area (Å²) in [6.07, 6.45) is 0. The molecule has 1 aromatic heterocycles. The number of halogens is 1. The predicted molar refractivity (Wildman–Crippen MR) is 93.4 cm³/mol. The van der Waals surface area contributed by atoms with Gasteiger partial charge in [-0.15, -0.1) is 0 Å². The maximum atomic E-state index is 11.8. The van der Waals surface area contributed by atoms with Crippen molar-refractivity contribution in [2.45, 2.75) is 20.0 Å². The Bertz CT molecular complexity index is 963. The van der Waals surface area contributed by atoms with Gasteiger partial charge in [0.05, 0.1) is 5.56 Å². The highest BCUT2D eigenvalue weighted by Gasteiger charge is 2.22. The van der Waals surface area contributed by atoms with E-state index < -0.39 is 0 Å². The quantitative estimate of drug-likeness (QED) is 0.658. The molecule has 0 amide bonds. The molecule has 0 N–H and O–H groups in total. The van der Waals surface area contributed by atoms with Gasteiger partial charge in [0.1, 0.15) is 18.1 Å². The molecular formula is C19H16ClNO3. The van der Waals surface area contributed by atoms with E-state index >= 15 is 0 Å². The zero-order valence-corrected chi connectivity index (χ0v) is 14.0. The molecule has 0 saturated carbocycles. The Labute approximate surface area is 144 Å². The van der Waals surface area contributed by atoms with Crippen LogP contribution in [0.25, 0.3) is 11.0 Å². The van der Waals surface area contributed by atoms with Crippen molar-refractivity contribution in [1.29, 1.82) is 0 Å². The first-order valence-corrected chi connectivity index (χ1v) is 8.14. The molecule has 5 heteroatoms. The molecule has 4 rings (SSSR count). The molecule has 0 unspecified atom stereocenters. The average Bonchev–Trinajstić information content (AvgIpc) is 2.57. The van der Waals surface area contributed by atoms with E-state index in [1.165, 1.54) is 6.07 Å². The summed E-state index contributed by atoms with van der Waals surface area (Å²) in [5, 5.41) is 1.67. The first kappa shape index (κ1) is 15.2. The lowest BCUT2D eigenvalue weighted by Gasteiger charge is -2.29. The van der Waals surface area contributed by atoms with Gasteiger partial charge in [-0.05, 0) is 42.3 Å². The monoisotopic (exact) mass is 341 g/mol. The number of hydrogen-bond donors (Lipinski definition) is 0. The van der Waals surface area contributed by atoms with E-state index in [0.29, 0.717) is 18.9 Å². The lowest BCUT2D eigenvalue weighted by atomic mass is 10.0. The largest absolute Gasteiger partial charge is 0.478 e. The summed E-state index contributed by atoms with van der Waals surface area (Å²) in [6, 6.07) is 13.2. The zero-order chi connectivity index (χ0) is 16.7. The van der Waals surface area contributed by atoms with Crippen LogP contribution in [0.15, 0.2) is 51.7 Å². The Morgan fingerprint density at radius 2 is 1.96 bits per heavy atom. The van der Waals surface area contributed by atoms with Crippen LogP contribution in [-0.2, 0) is 13.1 Å². The molecule has 24 heavy (non-hydrogen) atoms. The summed E-state index contributed by atoms with van der Waals surface area (Å²) >= 11 is 5.94. The summed E-state index contributed by atoms with van der Waals surface area (Å²) in [7, 11) is 0. The van der Waals surface area contributed by atoms with Crippen molar-refractivity contribution in [3.05, 3.63) is 74.6 Å². The van der Waals surface area contributed by atoms with E-state index in [-0.39, 0.29) is 5.63 Å². The van der Waals surface area contributed by atoms with E-state index in [4.69, 9.17) is 20.8 Å². The standard InChI is InChI=1S/C19H16ClNO3/c1-12-8-18(22)24-19-15(12)6-7-17-16(19)10-21(11-23-17)9-13-2-4-14(20)5-3-13/h2-8H,9-11H2,1H3. The highest BCUT2D eigenvalue weighted by Crippen LogP contribution is 2.33. The van der Waals surface area contributed by atoms with E-state index in [2.05, 4.69) is 4.90 Å². The van der Waals surface area contributed by atoms with Gasteiger partial charge >= 0.3 is 5.63 Å². The maximum Gasteiger partial charge on any atom is 0.336 e. The summed E-state index contributed by atoms with van der Waals surface area (Å²) in [5.41, 5.74) is 3.29. The highest BCUT2D eigenvalue weighted by molar-refractivity contribution is 6.30. The number of aryl methyl sites for hydroxylation is 1. The first-order chi connectivity index (χ1) is 11.6. The molecule has 122 valence electrons. The normalized spacial score (nSPS) is 14.4. The fourth-order valence-electron chi connectivity index (χ4n) is 3.09. The van der Waals surface area contributed by atoms with Gasteiger partial charge in [-0.2, -0.15) is 0 Å². The summed E-state index contributed by atoms with van der Waals surface area (Å²) in [6.45, 7) is 3.82. The van der Waals surface area contributed by atoms with Crippen LogP contribution < -0.4 is 10.4 Å². The van der Waals surface area contributed by atoms with Crippen molar-refractivity contribution in [1.82, 2.24) is 4.90 Å². The van der Waals surface area contributed by atoms with Crippen LogP contribution in [0.3, 0.4) is 0 Å². The zero-order valence-electron chi connectivity index (χ0n) is 13.2. The van der Waals surface area contributed by atoms with Crippen LogP contribution in [0.1, 0.15) is 16.7 Å². The van der Waals surface area contributed by atoms with Crippen LogP contribution >= 0.6 is 11.6 Å². The number of nitrogens with zero attached hydrogens (tertiary/aromatic N) is 1. The molecule has 0 aliphatic carbocycles. The Morgan fingerprint density at radius 3 is 2.75 bits per heavy atom. The molecule has 0 atom stereocenters. The fourth-order valence-corrected chi connectivity index (χ4v) is 3.21. The minimum atomic E-state index is -0.330. The van der Waals surface area contributed by atoms with Crippen molar-refractivity contribution in [2.24, 2.45) is 0 Å². The van der Waals surface area contributed by atoms with Gasteiger partial charge in [0, 0.05) is 29.6 Å². The van der Waals surface area contributed by atoms with Gasteiger partial charge in [-0.1, -0.05) is 23.7 Å². The van der Waals surface area contributed by atoms with Gasteiger partial charge in [0.25, 0.3) is 0 Å². The second kappa shape index (κ2) is 5.96. The molecule has 0 saturated heterocycles. The number of rotatable bonds is 2. The van der Waals surface area contributed by atoms with Crippen LogP contribution in [0.2, 0.25) is 5.02 Å². The smallest absolute Gasteiger partial charge is 0.336 e. The fraction of sp³-hybridized carbons (Fsp3) is 0.211. The van der Waals surface area contributed by atoms with E-state index in [9.17, 15) is 4.79 Å². The maximum absolute atomic E-state index is 11.8. The SMILES string of the molecule is Cc1cc(=O)oc2c3c(ccc12)OCN(Cc1ccc(Cl)cc1)C3. The van der Waals surface area contributed by atoms with Crippen molar-refractivity contribution in [3.63, 3.8) is 0 Å². The molecule has 0 spiro atoms. The minimum absolute atomic E-state index is 0.330. The Morgan fingerprint density at radius 1 is 1.17 bits per heavy atom. The molecule has 0 fully saturated rings. The average molecular weight is 342 g/mol. The van der Waals surface area contributed by atoms with E-state index in [1.54, 1.807) is 0 Å². The third kappa shape index (κ3) is 2.79. The predicted octanol–water partition coefficient (Wildman–Crippen LogP) is 4.11. The topological polar surface area (TPSA) is 42.7 Å². The lowest BCUT2D eigenvalue weighted by molar-refractivity contribution is 0.0889. The second-order valence-corrected chi connectivity index (χ2v) is 6.49. The summed E-state index contributed by atoms with van der Waals surface area (Å²) in [5.74, 6) is 0.781. The Hall–Kier alpha value is -2.30. The molecule has 2 aromatic carbocycles. The second-order valence-electron chi connectivity index (χ2n) is 6.05. The molecule has 1 aliphatic rings. The van der Waals surface area contributed by atoms with Crippen LogP contribution in [-0.4, -0.2) is 11.6 Å². The minimum Gasteiger partial charge on any atom is -0.478 e. The van der Waals surface area contributed by atoms with Crippen molar-refractivity contribution < 1.29 is 9.15 Å². The van der Waals surface area contributed by atoms with Crippen molar-refractivity contribution in [2.75, 3.05) is 6.73 Å². The van der Waals surface area contributed by atoms with Gasteiger partial charge in [0.15, 0.2) is 0 Å². The molecule has 4 nitrogen and oxygen atoms in total. The van der Waals surface area contributed by atoms with E-state index in [1.807, 2.05) is 43.3 Å². The number of fused-ring (bicyclic) bond motifs is 3. The third-order valence-electron chi connectivity index (χ3n) is 4.28. The number of benzene rings is 2. The van der Waals surface area contributed by atoms with E-state index in [0.717, 1.165) is 39.4 Å². The Kier molecular flexibility index (Phi) is 3.79. The molecular weight excluding hydrogens is 326 g/mol. The molecule has 0 bridgehead atoms. The first-order valence-electron chi connectivity index (χ1n) is 7.76. The number of ether oxygens (including phenoxy) is 1. The van der Waals surface area contributed by atoms with Gasteiger partial charge in [-0.25, -0.2) is 4.79 Å². The molecule has 1 aliphatic heterocycles. The van der Waals surface area contributed by atoms with Crippen molar-refractivity contribution >= 4 is 22.6 Å².